The van der Waals surface area contributed by atoms with Crippen molar-refractivity contribution in [1.82, 2.24) is 0 Å². The number of hydroxylamine groups is 1. The van der Waals surface area contributed by atoms with Crippen molar-refractivity contribution < 1.29 is 14.2 Å². The smallest absolute Gasteiger partial charge is 0.182 e. The third-order valence-corrected chi connectivity index (χ3v) is 3.37. The first-order valence-electron chi connectivity index (χ1n) is 7.55. The first-order chi connectivity index (χ1) is 10.9. The molecule has 0 bridgehead atoms. The number of ether oxygens (including phenoxy) is 2. The highest BCUT2D eigenvalue weighted by Crippen LogP contribution is 2.16. The number of rotatable bonds is 5. The molecule has 0 unspecified atom stereocenters. The molecule has 2 aromatic carbocycles. The fourth-order valence-corrected chi connectivity index (χ4v) is 1.87. The van der Waals surface area contributed by atoms with Gasteiger partial charge in [-0.3, -0.25) is 0 Å². The highest BCUT2D eigenvalue weighted by atomic mass is 16.5. The van der Waals surface area contributed by atoms with E-state index < -0.39 is 5.54 Å². The largest absolute Gasteiger partial charge is 0.623 e. The van der Waals surface area contributed by atoms with Crippen molar-refractivity contribution in [3.8, 4) is 11.5 Å². The van der Waals surface area contributed by atoms with E-state index in [1.54, 1.807) is 13.3 Å². The van der Waals surface area contributed by atoms with Gasteiger partial charge < -0.3 is 14.7 Å². The van der Waals surface area contributed by atoms with Gasteiger partial charge in [-0.1, -0.05) is 12.1 Å². The molecule has 0 spiro atoms. The molecular formula is C19H23NO3. The molecule has 2 rings (SSSR count). The Bertz CT molecular complexity index is 653. The molecule has 23 heavy (non-hydrogen) atoms. The molecule has 0 saturated carbocycles. The van der Waals surface area contributed by atoms with Gasteiger partial charge in [0.2, 0.25) is 0 Å². The molecule has 122 valence electrons. The minimum atomic E-state index is -0.441. The fraction of sp³-hybridized carbons (Fsp3) is 0.316. The van der Waals surface area contributed by atoms with Crippen LogP contribution >= 0.6 is 0 Å². The van der Waals surface area contributed by atoms with E-state index in [4.69, 9.17) is 9.47 Å². The Morgan fingerprint density at radius 3 is 2.04 bits per heavy atom. The number of benzene rings is 2. The predicted molar refractivity (Wildman–Crippen MR) is 92.3 cm³/mol. The average molecular weight is 313 g/mol. The Morgan fingerprint density at radius 1 is 0.957 bits per heavy atom. The van der Waals surface area contributed by atoms with Crippen molar-refractivity contribution in [3.05, 3.63) is 64.9 Å². The van der Waals surface area contributed by atoms with Crippen LogP contribution in [0.4, 0.5) is 0 Å². The van der Waals surface area contributed by atoms with Gasteiger partial charge in [0.05, 0.1) is 7.11 Å². The molecule has 0 aliphatic carbocycles. The van der Waals surface area contributed by atoms with Crippen LogP contribution in [-0.4, -0.2) is 23.6 Å². The van der Waals surface area contributed by atoms with Crippen molar-refractivity contribution in [2.45, 2.75) is 32.9 Å². The van der Waals surface area contributed by atoms with Crippen molar-refractivity contribution in [2.24, 2.45) is 0 Å². The van der Waals surface area contributed by atoms with E-state index in [1.807, 2.05) is 69.3 Å². The Kier molecular flexibility index (Phi) is 5.27. The maximum absolute atomic E-state index is 11.9. The van der Waals surface area contributed by atoms with Crippen LogP contribution in [0.15, 0.2) is 48.5 Å². The van der Waals surface area contributed by atoms with E-state index >= 15 is 0 Å². The lowest BCUT2D eigenvalue weighted by atomic mass is 10.1. The molecule has 0 saturated heterocycles. The van der Waals surface area contributed by atoms with E-state index in [2.05, 4.69) is 0 Å². The zero-order valence-corrected chi connectivity index (χ0v) is 14.1. The summed E-state index contributed by atoms with van der Waals surface area (Å²) in [6, 6.07) is 15.2. The Balaban J connectivity index is 1.97. The minimum Gasteiger partial charge on any atom is -0.623 e. The molecule has 0 N–H and O–H groups in total. The molecule has 0 heterocycles. The summed E-state index contributed by atoms with van der Waals surface area (Å²) < 4.78 is 11.8. The molecule has 4 nitrogen and oxygen atoms in total. The molecule has 0 aromatic heterocycles. The average Bonchev–Trinajstić information content (AvgIpc) is 2.54. The lowest BCUT2D eigenvalue weighted by Crippen LogP contribution is -2.29. The number of hydrogen-bond acceptors (Lipinski definition) is 3. The topological polar surface area (TPSA) is 44.5 Å². The standard InChI is InChI=1S/C19H23NO3/c1-19(2,3)20(21)13-15-5-11-18(12-6-15)23-14-16-7-9-17(22-4)10-8-16/h5-13H,14H2,1-4H3. The molecule has 0 atom stereocenters. The van der Waals surface area contributed by atoms with E-state index in [9.17, 15) is 5.21 Å². The van der Waals surface area contributed by atoms with E-state index in [0.29, 0.717) is 6.61 Å². The zero-order chi connectivity index (χ0) is 16.9. The van der Waals surface area contributed by atoms with E-state index in [1.165, 1.54) is 0 Å². The molecule has 0 amide bonds. The van der Waals surface area contributed by atoms with E-state index in [0.717, 1.165) is 27.4 Å². The third-order valence-electron chi connectivity index (χ3n) is 3.37. The van der Waals surface area contributed by atoms with Crippen LogP contribution in [-0.2, 0) is 6.61 Å². The lowest BCUT2D eigenvalue weighted by Gasteiger charge is -2.18. The molecule has 0 aliphatic rings. The van der Waals surface area contributed by atoms with Crippen molar-refractivity contribution in [2.75, 3.05) is 7.11 Å². The van der Waals surface area contributed by atoms with E-state index in [-0.39, 0.29) is 0 Å². The van der Waals surface area contributed by atoms with Gasteiger partial charge in [0.15, 0.2) is 11.8 Å². The Hall–Kier alpha value is -2.49. The van der Waals surface area contributed by atoms with Crippen LogP contribution < -0.4 is 9.47 Å². The zero-order valence-electron chi connectivity index (χ0n) is 14.1. The summed E-state index contributed by atoms with van der Waals surface area (Å²) >= 11 is 0. The van der Waals surface area contributed by atoms with Gasteiger partial charge in [0.1, 0.15) is 18.1 Å². The summed E-state index contributed by atoms with van der Waals surface area (Å²) in [5.74, 6) is 1.60. The third kappa shape index (κ3) is 5.02. The molecule has 0 aliphatic heterocycles. The van der Waals surface area contributed by atoms with Gasteiger partial charge in [-0.25, -0.2) is 4.74 Å². The highest BCUT2D eigenvalue weighted by Gasteiger charge is 2.17. The summed E-state index contributed by atoms with van der Waals surface area (Å²) in [6.07, 6.45) is 1.59. The number of methoxy groups -OCH3 is 1. The van der Waals surface area contributed by atoms with Crippen LogP contribution in [0, 0.1) is 5.21 Å². The van der Waals surface area contributed by atoms with Crippen LogP contribution in [0.1, 0.15) is 31.9 Å². The van der Waals surface area contributed by atoms with Gasteiger partial charge >= 0.3 is 0 Å². The minimum absolute atomic E-state index is 0.441. The molecule has 0 fully saturated rings. The monoisotopic (exact) mass is 313 g/mol. The first-order valence-corrected chi connectivity index (χ1v) is 7.55. The van der Waals surface area contributed by atoms with Gasteiger partial charge in [-0.05, 0) is 42.0 Å². The maximum Gasteiger partial charge on any atom is 0.182 e. The van der Waals surface area contributed by atoms with Gasteiger partial charge in [-0.2, -0.15) is 0 Å². The second-order valence-electron chi connectivity index (χ2n) is 6.33. The van der Waals surface area contributed by atoms with Crippen LogP contribution in [0.3, 0.4) is 0 Å². The quantitative estimate of drug-likeness (QED) is 0.363. The summed E-state index contributed by atoms with van der Waals surface area (Å²) in [5, 5.41) is 11.9. The van der Waals surface area contributed by atoms with Crippen LogP contribution in [0.25, 0.3) is 0 Å². The molecule has 0 radical (unpaired) electrons. The normalized spacial score (nSPS) is 12.1. The number of nitrogens with zero attached hydrogens (tertiary/aromatic N) is 1. The fourth-order valence-electron chi connectivity index (χ4n) is 1.87. The van der Waals surface area contributed by atoms with Crippen molar-refractivity contribution in [3.63, 3.8) is 0 Å². The highest BCUT2D eigenvalue weighted by molar-refractivity contribution is 5.76. The van der Waals surface area contributed by atoms with Gasteiger partial charge in [-0.15, -0.1) is 0 Å². The SMILES string of the molecule is COc1ccc(COc2ccc(C=[N+]([O-])C(C)(C)C)cc2)cc1. The Morgan fingerprint density at radius 2 is 1.52 bits per heavy atom. The maximum atomic E-state index is 11.9. The first kappa shape index (κ1) is 16.9. The Labute approximate surface area is 137 Å². The predicted octanol–water partition coefficient (Wildman–Crippen LogP) is 4.00. The van der Waals surface area contributed by atoms with Gasteiger partial charge in [0, 0.05) is 26.3 Å². The molecule has 2 aromatic rings. The van der Waals surface area contributed by atoms with Crippen molar-refractivity contribution >= 4 is 6.21 Å². The second kappa shape index (κ2) is 7.18. The summed E-state index contributed by atoms with van der Waals surface area (Å²) in [6.45, 7) is 6.12. The molecular weight excluding hydrogens is 290 g/mol. The summed E-state index contributed by atoms with van der Waals surface area (Å²) in [5.41, 5.74) is 1.48. The summed E-state index contributed by atoms with van der Waals surface area (Å²) in [4.78, 5) is 0. The van der Waals surface area contributed by atoms with Crippen molar-refractivity contribution in [1.29, 1.82) is 0 Å². The van der Waals surface area contributed by atoms with Gasteiger partial charge in [0.25, 0.3) is 0 Å². The molecule has 4 heteroatoms. The number of hydrogen-bond donors (Lipinski definition) is 0. The van der Waals surface area contributed by atoms with Crippen LogP contribution in [0.5, 0.6) is 11.5 Å². The van der Waals surface area contributed by atoms with Crippen LogP contribution in [0.2, 0.25) is 0 Å². The summed E-state index contributed by atoms with van der Waals surface area (Å²) in [7, 11) is 1.65. The second-order valence-corrected chi connectivity index (χ2v) is 6.33. The lowest BCUT2D eigenvalue weighted by molar-refractivity contribution is -0.530.